The summed E-state index contributed by atoms with van der Waals surface area (Å²) < 4.78 is 22.8. The van der Waals surface area contributed by atoms with E-state index in [0.29, 0.717) is 43.3 Å². The van der Waals surface area contributed by atoms with Gasteiger partial charge in [0, 0.05) is 43.9 Å². The van der Waals surface area contributed by atoms with Crippen LogP contribution in [0.4, 0.5) is 5.69 Å². The Kier molecular flexibility index (Phi) is 10.4. The van der Waals surface area contributed by atoms with Gasteiger partial charge in [0.25, 0.3) is 0 Å². The largest absolute Gasteiger partial charge is 0.493 e. The summed E-state index contributed by atoms with van der Waals surface area (Å²) in [5, 5.41) is 10.6. The molecule has 3 aliphatic rings. The van der Waals surface area contributed by atoms with E-state index in [0.717, 1.165) is 61.9 Å². The molecule has 10 nitrogen and oxygen atoms in total. The number of carbonyl (C=O) groups excluding carboxylic acids is 1. The van der Waals surface area contributed by atoms with E-state index < -0.39 is 11.9 Å². The lowest BCUT2D eigenvalue weighted by Gasteiger charge is -2.31. The van der Waals surface area contributed by atoms with E-state index in [2.05, 4.69) is 11.8 Å². The molecule has 2 saturated heterocycles. The number of fused-ring (bicyclic) bond motifs is 1. The van der Waals surface area contributed by atoms with Gasteiger partial charge in [-0.1, -0.05) is 25.5 Å². The molecule has 0 bridgehead atoms. The lowest BCUT2D eigenvalue weighted by atomic mass is 9.83. The average molecular weight is 596 g/mol. The van der Waals surface area contributed by atoms with Crippen molar-refractivity contribution in [3.8, 4) is 17.2 Å². The van der Waals surface area contributed by atoms with Gasteiger partial charge in [0.1, 0.15) is 0 Å². The number of nitrogens with two attached hydrogens (primary N) is 1. The number of likely N-dealkylation sites (tertiary alicyclic amines) is 1. The molecular weight excluding hydrogens is 550 g/mol. The van der Waals surface area contributed by atoms with E-state index in [-0.39, 0.29) is 37.3 Å². The predicted octanol–water partition coefficient (Wildman–Crippen LogP) is 4.53. The molecule has 1 unspecified atom stereocenters. The number of amides is 1. The standard InChI is InChI=1S/C33H45N3O7/c1-3-4-13-36(24-9-7-8-22(15-24)18-34)30(37)20-35-19-26(23-16-28(40-2)32-29(17-23)42-21-43-32)31(33(38)39)27(35)12-11-25-10-5-6-14-41-25/h7-9,15-17,25-27,31H,3-6,10-14,18-21,34H2,1-2H3,(H,38,39)/t25?,26-,27+,31-/m1/s1. The van der Waals surface area contributed by atoms with Crippen LogP contribution in [0.3, 0.4) is 0 Å². The third-order valence-electron chi connectivity index (χ3n) is 9.03. The number of aliphatic carboxylic acids is 1. The van der Waals surface area contributed by atoms with Gasteiger partial charge in [0.2, 0.25) is 18.4 Å². The monoisotopic (exact) mass is 595 g/mol. The molecule has 0 aliphatic carbocycles. The zero-order chi connectivity index (χ0) is 30.3. The zero-order valence-corrected chi connectivity index (χ0v) is 25.3. The van der Waals surface area contributed by atoms with Crippen LogP contribution in [0.15, 0.2) is 36.4 Å². The van der Waals surface area contributed by atoms with Gasteiger partial charge in [-0.2, -0.15) is 0 Å². The highest BCUT2D eigenvalue weighted by atomic mass is 16.7. The number of ether oxygens (including phenoxy) is 4. The van der Waals surface area contributed by atoms with E-state index in [1.54, 1.807) is 7.11 Å². The number of benzene rings is 2. The van der Waals surface area contributed by atoms with Gasteiger partial charge >= 0.3 is 5.97 Å². The summed E-state index contributed by atoms with van der Waals surface area (Å²) in [5.74, 6) is -0.409. The van der Waals surface area contributed by atoms with E-state index in [4.69, 9.17) is 24.7 Å². The van der Waals surface area contributed by atoms with Crippen molar-refractivity contribution >= 4 is 17.6 Å². The van der Waals surface area contributed by atoms with E-state index in [1.165, 1.54) is 0 Å². The quantitative estimate of drug-likeness (QED) is 0.344. The van der Waals surface area contributed by atoms with Crippen LogP contribution in [0.5, 0.6) is 17.2 Å². The van der Waals surface area contributed by atoms with Gasteiger partial charge in [-0.25, -0.2) is 0 Å². The summed E-state index contributed by atoms with van der Waals surface area (Å²) in [4.78, 5) is 30.9. The molecule has 0 aromatic heterocycles. The average Bonchev–Trinajstić information content (AvgIpc) is 3.65. The molecule has 1 amide bonds. The first-order chi connectivity index (χ1) is 20.9. The Morgan fingerprint density at radius 1 is 1.16 bits per heavy atom. The fourth-order valence-electron chi connectivity index (χ4n) is 6.77. The van der Waals surface area contributed by atoms with Crippen molar-refractivity contribution in [2.75, 3.05) is 45.0 Å². The summed E-state index contributed by atoms with van der Waals surface area (Å²) in [6.07, 6.45) is 6.47. The van der Waals surface area contributed by atoms with Crippen LogP contribution in [0.1, 0.15) is 68.9 Å². The first-order valence-corrected chi connectivity index (χ1v) is 15.6. The number of hydrogen-bond acceptors (Lipinski definition) is 8. The molecule has 2 aromatic carbocycles. The second-order valence-electron chi connectivity index (χ2n) is 11.8. The minimum atomic E-state index is -0.871. The van der Waals surface area contributed by atoms with Gasteiger partial charge in [-0.3, -0.25) is 14.5 Å². The topological polar surface area (TPSA) is 124 Å². The number of nitrogens with zero attached hydrogens (tertiary/aromatic N) is 2. The Hall–Kier alpha value is -3.34. The van der Waals surface area contributed by atoms with Crippen LogP contribution < -0.4 is 24.8 Å². The molecular formula is C33H45N3O7. The number of carboxylic acids is 1. The van der Waals surface area contributed by atoms with Crippen LogP contribution in [-0.2, 0) is 20.9 Å². The molecule has 0 spiro atoms. The number of anilines is 1. The highest BCUT2D eigenvalue weighted by Crippen LogP contribution is 2.47. The molecule has 43 heavy (non-hydrogen) atoms. The van der Waals surface area contributed by atoms with Gasteiger partial charge in [0.05, 0.1) is 25.7 Å². The molecule has 5 rings (SSSR count). The van der Waals surface area contributed by atoms with Crippen molar-refractivity contribution < 1.29 is 33.6 Å². The Morgan fingerprint density at radius 2 is 2.02 bits per heavy atom. The minimum Gasteiger partial charge on any atom is -0.493 e. The summed E-state index contributed by atoms with van der Waals surface area (Å²) in [6, 6.07) is 11.2. The molecule has 3 aliphatic heterocycles. The van der Waals surface area contributed by atoms with Crippen molar-refractivity contribution in [2.24, 2.45) is 11.7 Å². The number of hydrogen-bond donors (Lipinski definition) is 2. The molecule has 3 heterocycles. The van der Waals surface area contributed by atoms with E-state index >= 15 is 0 Å². The zero-order valence-electron chi connectivity index (χ0n) is 25.3. The minimum absolute atomic E-state index is 0.0467. The highest BCUT2D eigenvalue weighted by molar-refractivity contribution is 5.95. The first-order valence-electron chi connectivity index (χ1n) is 15.6. The molecule has 234 valence electrons. The van der Waals surface area contributed by atoms with Gasteiger partial charge in [-0.15, -0.1) is 0 Å². The van der Waals surface area contributed by atoms with Gasteiger partial charge < -0.3 is 34.7 Å². The fraction of sp³-hybridized carbons (Fsp3) is 0.576. The van der Waals surface area contributed by atoms with Crippen LogP contribution in [0.25, 0.3) is 0 Å². The third kappa shape index (κ3) is 7.08. The van der Waals surface area contributed by atoms with E-state index in [9.17, 15) is 14.7 Å². The Morgan fingerprint density at radius 3 is 2.74 bits per heavy atom. The lowest BCUT2D eigenvalue weighted by molar-refractivity contribution is -0.143. The molecule has 10 heteroatoms. The summed E-state index contributed by atoms with van der Waals surface area (Å²) >= 11 is 0. The fourth-order valence-corrected chi connectivity index (χ4v) is 6.77. The van der Waals surface area contributed by atoms with Crippen LogP contribution in [0.2, 0.25) is 0 Å². The summed E-state index contributed by atoms with van der Waals surface area (Å²) in [5.41, 5.74) is 8.49. The maximum absolute atomic E-state index is 14.1. The smallest absolute Gasteiger partial charge is 0.308 e. The van der Waals surface area contributed by atoms with Gasteiger partial charge in [-0.05, 0) is 73.9 Å². The van der Waals surface area contributed by atoms with E-state index in [1.807, 2.05) is 41.3 Å². The molecule has 2 aromatic rings. The van der Waals surface area contributed by atoms with Crippen LogP contribution >= 0.6 is 0 Å². The highest BCUT2D eigenvalue weighted by Gasteiger charge is 2.48. The van der Waals surface area contributed by atoms with Gasteiger partial charge in [0.15, 0.2) is 11.5 Å². The number of carboxylic acid groups (broad SMARTS) is 1. The molecule has 3 N–H and O–H groups in total. The molecule has 4 atom stereocenters. The summed E-state index contributed by atoms with van der Waals surface area (Å²) in [7, 11) is 1.56. The maximum Gasteiger partial charge on any atom is 0.308 e. The van der Waals surface area contributed by atoms with Crippen LogP contribution in [0, 0.1) is 5.92 Å². The lowest BCUT2D eigenvalue weighted by Crippen LogP contribution is -2.45. The number of methoxy groups -OCH3 is 1. The Balaban J connectivity index is 1.45. The number of rotatable bonds is 13. The van der Waals surface area contributed by atoms with Crippen molar-refractivity contribution in [2.45, 2.75) is 76.5 Å². The predicted molar refractivity (Wildman–Crippen MR) is 163 cm³/mol. The SMILES string of the molecule is CCCCN(C(=O)CN1C[C@H](c2cc(OC)c3c(c2)OCO3)[C@@H](C(=O)O)[C@@H]1CCC1CCCCO1)c1cccc(CN)c1. The molecule has 0 saturated carbocycles. The van der Waals surface area contributed by atoms with Crippen molar-refractivity contribution in [3.05, 3.63) is 47.5 Å². The third-order valence-corrected chi connectivity index (χ3v) is 9.03. The first kappa shape index (κ1) is 31.1. The Labute approximate surface area is 254 Å². The Bertz CT molecular complexity index is 1270. The normalized spacial score (nSPS) is 23.3. The second kappa shape index (κ2) is 14.4. The number of carbonyl (C=O) groups is 2. The number of unbranched alkanes of at least 4 members (excludes halogenated alkanes) is 1. The molecule has 2 fully saturated rings. The summed E-state index contributed by atoms with van der Waals surface area (Å²) in [6.45, 7) is 4.45. The van der Waals surface area contributed by atoms with Crippen LogP contribution in [-0.4, -0.2) is 74.2 Å². The molecule has 0 radical (unpaired) electrons. The van der Waals surface area contributed by atoms with Crippen molar-refractivity contribution in [1.29, 1.82) is 0 Å². The second-order valence-corrected chi connectivity index (χ2v) is 11.8. The van der Waals surface area contributed by atoms with Crippen molar-refractivity contribution in [1.82, 2.24) is 4.90 Å². The van der Waals surface area contributed by atoms with Crippen molar-refractivity contribution in [3.63, 3.8) is 0 Å². The maximum atomic E-state index is 14.1.